The van der Waals surface area contributed by atoms with Crippen LogP contribution in [0.15, 0.2) is 76.2 Å². The number of nitrogens with zero attached hydrogens (tertiary/aromatic N) is 3. The first-order valence-electron chi connectivity index (χ1n) is 10.3. The first-order chi connectivity index (χ1) is 16.0. The van der Waals surface area contributed by atoms with Crippen LogP contribution >= 0.6 is 11.8 Å². The van der Waals surface area contributed by atoms with Crippen LogP contribution in [0.3, 0.4) is 0 Å². The van der Waals surface area contributed by atoms with Crippen molar-refractivity contribution in [2.75, 3.05) is 14.2 Å². The number of carbonyl (C=O) groups excluding carboxylic acids is 2. The van der Waals surface area contributed by atoms with E-state index in [4.69, 9.17) is 9.47 Å². The number of amides is 1. The maximum absolute atomic E-state index is 12.8. The summed E-state index contributed by atoms with van der Waals surface area (Å²) < 4.78 is 10.5. The fourth-order valence-electron chi connectivity index (χ4n) is 3.80. The molecule has 1 aromatic heterocycles. The molecule has 2 aliphatic heterocycles. The van der Waals surface area contributed by atoms with Gasteiger partial charge in [-0.15, -0.1) is 0 Å². The molecule has 4 rings (SSSR count). The van der Waals surface area contributed by atoms with Gasteiger partial charge in [-0.3, -0.25) is 9.78 Å². The molecule has 0 unspecified atom stereocenters. The summed E-state index contributed by atoms with van der Waals surface area (Å²) in [6.07, 6.45) is 3.55. The Kier molecular flexibility index (Phi) is 6.79. The van der Waals surface area contributed by atoms with Gasteiger partial charge in [0.25, 0.3) is 0 Å². The Balaban J connectivity index is 1.62. The van der Waals surface area contributed by atoms with Crippen LogP contribution in [0.2, 0.25) is 0 Å². The minimum Gasteiger partial charge on any atom is -0.497 e. The molecule has 1 amide bonds. The molecule has 3 heterocycles. The normalized spacial score (nSPS) is 17.2. The van der Waals surface area contributed by atoms with Gasteiger partial charge in [0.2, 0.25) is 5.91 Å². The standard InChI is InChI=1S/C24H24N4O4S/c1-15-21(23(30)32-3)22(17-7-4-8-19(10-17)31-2)28-18(14-33-24(28)27-15)11-20(29)26-13-16-6-5-9-25-12-16/h4-10,12,14,22H,11,13H2,1-3H3,(H,26,29)/t22-/m0/s1. The lowest BCUT2D eigenvalue weighted by Crippen LogP contribution is -2.37. The van der Waals surface area contributed by atoms with Crippen molar-refractivity contribution in [2.45, 2.75) is 25.9 Å². The first kappa shape index (κ1) is 22.6. The number of aromatic nitrogens is 1. The number of allylic oxidation sites excluding steroid dienone is 1. The van der Waals surface area contributed by atoms with E-state index in [1.165, 1.54) is 18.9 Å². The number of thioether (sulfide) groups is 1. The molecule has 0 fully saturated rings. The summed E-state index contributed by atoms with van der Waals surface area (Å²) >= 11 is 1.43. The topological polar surface area (TPSA) is 93.1 Å². The average Bonchev–Trinajstić information content (AvgIpc) is 3.23. The SMILES string of the molecule is COC(=O)C1=C(C)N=C2SC=C(CC(=O)NCc3cccnc3)N2[C@H]1c1cccc(OC)c1. The number of aliphatic imine (C=N–C) groups is 1. The van der Waals surface area contributed by atoms with Crippen LogP contribution < -0.4 is 10.1 Å². The summed E-state index contributed by atoms with van der Waals surface area (Å²) in [5.41, 5.74) is 3.53. The predicted octanol–water partition coefficient (Wildman–Crippen LogP) is 3.54. The minimum absolute atomic E-state index is 0.137. The van der Waals surface area contributed by atoms with Gasteiger partial charge in [-0.1, -0.05) is 30.0 Å². The predicted molar refractivity (Wildman–Crippen MR) is 126 cm³/mol. The van der Waals surface area contributed by atoms with E-state index in [-0.39, 0.29) is 12.3 Å². The largest absolute Gasteiger partial charge is 0.497 e. The van der Waals surface area contributed by atoms with Crippen LogP contribution in [0, 0.1) is 0 Å². The number of nitrogens with one attached hydrogen (secondary N) is 1. The number of methoxy groups -OCH3 is 2. The molecule has 0 aliphatic carbocycles. The van der Waals surface area contributed by atoms with E-state index in [1.54, 1.807) is 26.4 Å². The summed E-state index contributed by atoms with van der Waals surface area (Å²) in [4.78, 5) is 36.2. The Labute approximate surface area is 196 Å². The molecular formula is C24H24N4O4S. The van der Waals surface area contributed by atoms with Crippen LogP contribution in [-0.4, -0.2) is 41.1 Å². The second-order valence-electron chi connectivity index (χ2n) is 7.48. The molecule has 2 aliphatic rings. The molecule has 1 atom stereocenters. The Morgan fingerprint density at radius 2 is 2.06 bits per heavy atom. The monoisotopic (exact) mass is 464 g/mol. The Bertz CT molecular complexity index is 1160. The lowest BCUT2D eigenvalue weighted by molar-refractivity contribution is -0.136. The highest BCUT2D eigenvalue weighted by Crippen LogP contribution is 2.45. The molecule has 0 spiro atoms. The molecule has 2 aromatic rings. The van der Waals surface area contributed by atoms with Crippen molar-refractivity contribution in [2.24, 2.45) is 4.99 Å². The number of hydrogen-bond donors (Lipinski definition) is 1. The van der Waals surface area contributed by atoms with Crippen LogP contribution in [0.25, 0.3) is 0 Å². The quantitative estimate of drug-likeness (QED) is 0.627. The van der Waals surface area contributed by atoms with Crippen LogP contribution in [0.1, 0.15) is 30.5 Å². The van der Waals surface area contributed by atoms with Gasteiger partial charge in [0.1, 0.15) is 5.75 Å². The highest BCUT2D eigenvalue weighted by Gasteiger charge is 2.41. The molecule has 8 nitrogen and oxygen atoms in total. The number of benzene rings is 1. The van der Waals surface area contributed by atoms with E-state index >= 15 is 0 Å². The molecule has 0 radical (unpaired) electrons. The van der Waals surface area contributed by atoms with E-state index in [2.05, 4.69) is 15.3 Å². The third kappa shape index (κ3) is 4.78. The van der Waals surface area contributed by atoms with Crippen LogP contribution in [0.4, 0.5) is 0 Å². The number of ether oxygens (including phenoxy) is 2. The van der Waals surface area contributed by atoms with Crippen molar-refractivity contribution >= 4 is 28.8 Å². The van der Waals surface area contributed by atoms with Gasteiger partial charge in [-0.25, -0.2) is 9.79 Å². The molecule has 170 valence electrons. The summed E-state index contributed by atoms with van der Waals surface area (Å²) in [6, 6.07) is 10.8. The van der Waals surface area contributed by atoms with Crippen molar-refractivity contribution in [3.8, 4) is 5.75 Å². The van der Waals surface area contributed by atoms with Gasteiger partial charge >= 0.3 is 5.97 Å². The number of rotatable bonds is 7. The molecule has 1 aromatic carbocycles. The number of pyridine rings is 1. The summed E-state index contributed by atoms with van der Waals surface area (Å²) in [5.74, 6) is 0.0765. The summed E-state index contributed by atoms with van der Waals surface area (Å²) in [7, 11) is 2.95. The third-order valence-corrected chi connectivity index (χ3v) is 6.26. The second-order valence-corrected chi connectivity index (χ2v) is 8.31. The molecule has 0 saturated carbocycles. The van der Waals surface area contributed by atoms with E-state index in [9.17, 15) is 9.59 Å². The zero-order chi connectivity index (χ0) is 23.4. The van der Waals surface area contributed by atoms with Crippen molar-refractivity contribution in [1.29, 1.82) is 0 Å². The van der Waals surface area contributed by atoms with Gasteiger partial charge in [0.05, 0.1) is 38.0 Å². The lowest BCUT2D eigenvalue weighted by atomic mass is 9.93. The second kappa shape index (κ2) is 9.91. The molecular weight excluding hydrogens is 440 g/mol. The van der Waals surface area contributed by atoms with Gasteiger partial charge in [0, 0.05) is 24.6 Å². The van der Waals surface area contributed by atoms with Gasteiger partial charge in [-0.2, -0.15) is 0 Å². The maximum Gasteiger partial charge on any atom is 0.338 e. The number of carbonyl (C=O) groups is 2. The number of fused-ring (bicyclic) bond motifs is 1. The lowest BCUT2D eigenvalue weighted by Gasteiger charge is -2.36. The number of hydrogen-bond acceptors (Lipinski definition) is 8. The fraction of sp³-hybridized carbons (Fsp3) is 0.250. The highest BCUT2D eigenvalue weighted by molar-refractivity contribution is 8.16. The Morgan fingerprint density at radius 1 is 1.21 bits per heavy atom. The first-order valence-corrected chi connectivity index (χ1v) is 11.2. The molecule has 0 saturated heterocycles. The zero-order valence-corrected chi connectivity index (χ0v) is 19.4. The fourth-order valence-corrected chi connectivity index (χ4v) is 4.76. The van der Waals surface area contributed by atoms with Crippen molar-refractivity contribution in [1.82, 2.24) is 15.2 Å². The van der Waals surface area contributed by atoms with Gasteiger partial charge in [-0.05, 0) is 41.7 Å². The minimum atomic E-state index is -0.493. The Hall–Kier alpha value is -3.59. The van der Waals surface area contributed by atoms with E-state index in [0.717, 1.165) is 16.8 Å². The molecule has 0 bridgehead atoms. The number of amidine groups is 1. The van der Waals surface area contributed by atoms with Crippen molar-refractivity contribution in [3.05, 3.63) is 82.3 Å². The summed E-state index contributed by atoms with van der Waals surface area (Å²) in [6.45, 7) is 2.18. The van der Waals surface area contributed by atoms with E-state index in [0.29, 0.717) is 28.7 Å². The summed E-state index contributed by atoms with van der Waals surface area (Å²) in [5, 5.41) is 5.55. The maximum atomic E-state index is 12.8. The third-order valence-electron chi connectivity index (χ3n) is 5.37. The van der Waals surface area contributed by atoms with E-state index in [1.807, 2.05) is 46.7 Å². The van der Waals surface area contributed by atoms with Crippen LogP contribution in [-0.2, 0) is 20.9 Å². The van der Waals surface area contributed by atoms with Crippen molar-refractivity contribution < 1.29 is 19.1 Å². The van der Waals surface area contributed by atoms with Crippen molar-refractivity contribution in [3.63, 3.8) is 0 Å². The highest BCUT2D eigenvalue weighted by atomic mass is 32.2. The Morgan fingerprint density at radius 3 is 2.79 bits per heavy atom. The molecule has 33 heavy (non-hydrogen) atoms. The van der Waals surface area contributed by atoms with Gasteiger partial charge < -0.3 is 19.7 Å². The van der Waals surface area contributed by atoms with E-state index < -0.39 is 12.0 Å². The smallest absolute Gasteiger partial charge is 0.338 e. The van der Waals surface area contributed by atoms with Gasteiger partial charge in [0.15, 0.2) is 5.17 Å². The molecule has 1 N–H and O–H groups in total. The number of esters is 1. The zero-order valence-electron chi connectivity index (χ0n) is 18.6. The van der Waals surface area contributed by atoms with Crippen LogP contribution in [0.5, 0.6) is 5.75 Å². The average molecular weight is 465 g/mol. The molecule has 9 heteroatoms.